The molecule has 9 atom stereocenters. The Hall–Kier alpha value is -2.86. The molecule has 1 rings (SSSR count). The number of aliphatic hydroxyl groups excluding tert-OH is 5. The first-order chi connectivity index (χ1) is 34.0. The molecule has 19 heteroatoms. The zero-order chi connectivity index (χ0) is 52.6. The molecule has 0 radical (unpaired) electrons. The number of rotatable bonds is 42. The number of ether oxygens (including phenoxy) is 2. The van der Waals surface area contributed by atoms with E-state index in [2.05, 4.69) is 72.2 Å². The summed E-state index contributed by atoms with van der Waals surface area (Å²) in [5, 5.41) is 50.9. The highest BCUT2D eigenvalue weighted by Crippen LogP contribution is 2.49. The highest BCUT2D eigenvalue weighted by atomic mass is 31.2. The Kier molecular flexibility index (Phi) is 38.7. The lowest BCUT2D eigenvalue weighted by Gasteiger charge is -2.43. The number of hydrogen-bond acceptors (Lipinski definition) is 14. The van der Waals surface area contributed by atoms with Crippen molar-refractivity contribution in [2.24, 2.45) is 0 Å². The van der Waals surface area contributed by atoms with E-state index in [4.69, 9.17) is 18.5 Å². The summed E-state index contributed by atoms with van der Waals surface area (Å²) < 4.78 is 49.4. The summed E-state index contributed by atoms with van der Waals surface area (Å²) >= 11 is 0. The Balaban J connectivity index is 2.60. The molecule has 71 heavy (non-hydrogen) atoms. The number of esters is 2. The predicted octanol–water partition coefficient (Wildman–Crippen LogP) is 9.54. The first-order valence-corrected chi connectivity index (χ1v) is 28.7. The lowest BCUT2D eigenvalue weighted by Crippen LogP contribution is -2.64. The number of phosphoric acid groups is 2. The highest BCUT2D eigenvalue weighted by molar-refractivity contribution is 7.47. The molecule has 0 amide bonds. The van der Waals surface area contributed by atoms with Crippen LogP contribution < -0.4 is 0 Å². The van der Waals surface area contributed by atoms with Crippen LogP contribution in [-0.2, 0) is 41.8 Å². The normalized spacial score (nSPS) is 22.0. The standard InChI is InChI=1S/C52H88O17P2/c1-3-5-6-7-8-9-10-11-12-13-14-15-16-17-21-24-27-30-33-36-39-45(54)65-41-44(42-66-71(63,64)69-52-49(58)47(56)48(57)51(50(52)59)68-70(60,61)62)67-46(55)40-37-34-31-28-25-22-19-18-20-23-26-29-32-35-38-43(53)4-2/h9-10,12-13,15-16,19-20,22-23,28-29,31-32,43-44,47-53,56-59H,3-8,11,14,17-18,21,24-27,30,33-42H2,1-2H3,(H,63,64)(H2,60,61,62)/b10-9-,13-12-,16-15-,22-19-,23-20-,31-28-,32-29-/t43-,44-,47?,48?,49?,50?,51-,52+/m1/s1. The average Bonchev–Trinajstić information content (AvgIpc) is 3.33. The Morgan fingerprint density at radius 3 is 1.45 bits per heavy atom. The molecule has 17 nitrogen and oxygen atoms in total. The molecule has 0 aromatic rings. The Morgan fingerprint density at radius 2 is 0.944 bits per heavy atom. The number of aliphatic hydroxyl groups is 5. The van der Waals surface area contributed by atoms with Crippen LogP contribution in [0.15, 0.2) is 85.1 Å². The molecule has 1 aliphatic carbocycles. The first kappa shape index (κ1) is 66.2. The maximum absolute atomic E-state index is 13.0. The summed E-state index contributed by atoms with van der Waals surface area (Å²) in [6.07, 6.45) is 34.7. The quantitative estimate of drug-likeness (QED) is 0.0122. The van der Waals surface area contributed by atoms with Crippen molar-refractivity contribution in [1.29, 1.82) is 0 Å². The minimum atomic E-state index is -5.38. The second-order valence-corrected chi connectivity index (χ2v) is 20.3. The van der Waals surface area contributed by atoms with Crippen LogP contribution in [0.5, 0.6) is 0 Å². The van der Waals surface area contributed by atoms with Gasteiger partial charge in [-0.05, 0) is 96.3 Å². The summed E-state index contributed by atoms with van der Waals surface area (Å²) in [6, 6.07) is 0. The molecule has 0 heterocycles. The Bertz CT molecular complexity index is 1710. The molecule has 0 aliphatic heterocycles. The van der Waals surface area contributed by atoms with Gasteiger partial charge < -0.3 is 49.7 Å². The average molecular weight is 1050 g/mol. The third-order valence-electron chi connectivity index (χ3n) is 11.4. The van der Waals surface area contributed by atoms with Crippen molar-refractivity contribution in [3.8, 4) is 0 Å². The van der Waals surface area contributed by atoms with Gasteiger partial charge in [0, 0.05) is 12.8 Å². The van der Waals surface area contributed by atoms with E-state index in [9.17, 15) is 58.9 Å². The fourth-order valence-corrected chi connectivity index (χ4v) is 8.72. The molecule has 5 unspecified atom stereocenters. The zero-order valence-electron chi connectivity index (χ0n) is 42.2. The first-order valence-electron chi connectivity index (χ1n) is 25.7. The van der Waals surface area contributed by atoms with Gasteiger partial charge in [0.15, 0.2) is 6.10 Å². The molecule has 0 saturated heterocycles. The van der Waals surface area contributed by atoms with Crippen LogP contribution in [0, 0.1) is 0 Å². The van der Waals surface area contributed by atoms with Crippen molar-refractivity contribution in [1.82, 2.24) is 0 Å². The molecule has 0 spiro atoms. The number of unbranched alkanes of at least 4 members (excludes halogenated alkanes) is 11. The molecule has 1 aliphatic rings. The van der Waals surface area contributed by atoms with E-state index >= 15 is 0 Å². The Morgan fingerprint density at radius 1 is 0.507 bits per heavy atom. The molecular formula is C52H88O17P2. The van der Waals surface area contributed by atoms with Crippen molar-refractivity contribution in [2.45, 2.75) is 217 Å². The largest absolute Gasteiger partial charge is 0.472 e. The molecule has 0 bridgehead atoms. The second-order valence-electron chi connectivity index (χ2n) is 17.7. The van der Waals surface area contributed by atoms with E-state index in [1.54, 1.807) is 0 Å². The van der Waals surface area contributed by atoms with Gasteiger partial charge in [-0.3, -0.25) is 23.2 Å². The van der Waals surface area contributed by atoms with Gasteiger partial charge in [0.1, 0.15) is 43.2 Å². The predicted molar refractivity (Wildman–Crippen MR) is 275 cm³/mol. The Labute approximate surface area is 423 Å². The lowest BCUT2D eigenvalue weighted by molar-refractivity contribution is -0.216. The van der Waals surface area contributed by atoms with Crippen LogP contribution in [0.4, 0.5) is 0 Å². The third-order valence-corrected chi connectivity index (χ3v) is 12.9. The number of carbonyl (C=O) groups excluding carboxylic acids is 2. The van der Waals surface area contributed by atoms with Gasteiger partial charge in [-0.2, -0.15) is 0 Å². The van der Waals surface area contributed by atoms with Crippen molar-refractivity contribution in [2.75, 3.05) is 13.2 Å². The van der Waals surface area contributed by atoms with Gasteiger partial charge in [-0.25, -0.2) is 9.13 Å². The van der Waals surface area contributed by atoms with Gasteiger partial charge in [-0.15, -0.1) is 0 Å². The van der Waals surface area contributed by atoms with Crippen LogP contribution in [0.3, 0.4) is 0 Å². The number of allylic oxidation sites excluding steroid dienone is 14. The molecule has 0 aromatic carbocycles. The summed E-state index contributed by atoms with van der Waals surface area (Å²) in [4.78, 5) is 54.4. The van der Waals surface area contributed by atoms with Gasteiger partial charge >= 0.3 is 27.6 Å². The summed E-state index contributed by atoms with van der Waals surface area (Å²) in [5.74, 6) is -1.31. The van der Waals surface area contributed by atoms with Gasteiger partial charge in [0.25, 0.3) is 0 Å². The maximum Gasteiger partial charge on any atom is 0.472 e. The number of carbonyl (C=O) groups is 2. The smallest absolute Gasteiger partial charge is 0.462 e. The SMILES string of the molecule is CCCCCC/C=C\C/C=C\C/C=C\CCCCCCCCC(=O)OC[C@H](COP(=O)(O)O[C@H]1C(O)C(O)C(O)[C@@H](OP(=O)(O)O)C1O)OC(=O)CCC/C=C\C/C=C\C/C=C\C/C=C\CC[C@H](O)CC. The fraction of sp³-hybridized carbons (Fsp3) is 0.692. The minimum Gasteiger partial charge on any atom is -0.462 e. The van der Waals surface area contributed by atoms with Crippen LogP contribution in [0.2, 0.25) is 0 Å². The summed E-state index contributed by atoms with van der Waals surface area (Å²) in [5.41, 5.74) is 0. The van der Waals surface area contributed by atoms with E-state index < -0.39 is 83.5 Å². The second kappa shape index (κ2) is 41.5. The molecule has 0 aromatic heterocycles. The molecule has 1 fully saturated rings. The van der Waals surface area contributed by atoms with Crippen molar-refractivity contribution in [3.05, 3.63) is 85.1 Å². The van der Waals surface area contributed by atoms with Gasteiger partial charge in [0.2, 0.25) is 0 Å². The monoisotopic (exact) mass is 1050 g/mol. The number of phosphoric ester groups is 2. The number of hydrogen-bond donors (Lipinski definition) is 8. The maximum atomic E-state index is 13.0. The molecule has 1 saturated carbocycles. The zero-order valence-corrected chi connectivity index (χ0v) is 44.0. The van der Waals surface area contributed by atoms with Crippen LogP contribution in [0.1, 0.15) is 168 Å². The van der Waals surface area contributed by atoms with Gasteiger partial charge in [-0.1, -0.05) is 144 Å². The third kappa shape index (κ3) is 35.9. The van der Waals surface area contributed by atoms with Crippen LogP contribution in [-0.4, -0.2) is 114 Å². The van der Waals surface area contributed by atoms with E-state index in [1.165, 1.54) is 25.7 Å². The molecule has 8 N–H and O–H groups in total. The molecule has 408 valence electrons. The van der Waals surface area contributed by atoms with Crippen molar-refractivity contribution < 1.29 is 82.0 Å². The van der Waals surface area contributed by atoms with Crippen molar-refractivity contribution in [3.63, 3.8) is 0 Å². The van der Waals surface area contributed by atoms with E-state index in [0.717, 1.165) is 89.9 Å². The van der Waals surface area contributed by atoms with E-state index in [0.29, 0.717) is 25.7 Å². The lowest BCUT2D eigenvalue weighted by atomic mass is 9.85. The summed E-state index contributed by atoms with van der Waals surface area (Å²) in [7, 11) is -10.7. The van der Waals surface area contributed by atoms with Gasteiger partial charge in [0.05, 0.1) is 12.7 Å². The highest BCUT2D eigenvalue weighted by Gasteiger charge is 2.54. The van der Waals surface area contributed by atoms with Crippen molar-refractivity contribution >= 4 is 27.6 Å². The molecular weight excluding hydrogens is 959 g/mol. The van der Waals surface area contributed by atoms with E-state index in [1.807, 2.05) is 31.2 Å². The summed E-state index contributed by atoms with van der Waals surface area (Å²) in [6.45, 7) is 2.76. The van der Waals surface area contributed by atoms with Crippen LogP contribution >= 0.6 is 15.6 Å². The minimum absolute atomic E-state index is 0.0526. The van der Waals surface area contributed by atoms with Crippen LogP contribution in [0.25, 0.3) is 0 Å². The topological polar surface area (TPSA) is 276 Å². The fourth-order valence-electron chi connectivity index (χ4n) is 7.18. The van der Waals surface area contributed by atoms with E-state index in [-0.39, 0.29) is 18.9 Å².